The summed E-state index contributed by atoms with van der Waals surface area (Å²) >= 11 is 0. The third-order valence-electron chi connectivity index (χ3n) is 2.23. The maximum atomic E-state index is 12.2. The van der Waals surface area contributed by atoms with E-state index < -0.39 is 12.2 Å². The summed E-state index contributed by atoms with van der Waals surface area (Å²) in [6, 6.07) is 7.41. The van der Waals surface area contributed by atoms with Gasteiger partial charge in [-0.05, 0) is 12.1 Å². The van der Waals surface area contributed by atoms with E-state index >= 15 is 0 Å². The molecular formula is C12H8F3N3O. The van der Waals surface area contributed by atoms with Crippen LogP contribution < -0.4 is 5.32 Å². The van der Waals surface area contributed by atoms with Crippen LogP contribution in [-0.2, 0) is 0 Å². The number of alkyl halides is 3. The number of amides is 1. The molecule has 0 saturated carbocycles. The highest BCUT2D eigenvalue weighted by atomic mass is 19.4. The molecule has 19 heavy (non-hydrogen) atoms. The van der Waals surface area contributed by atoms with E-state index in [9.17, 15) is 18.0 Å². The average Bonchev–Trinajstić information content (AvgIpc) is 2.38. The topological polar surface area (TPSA) is 54.9 Å². The Morgan fingerprint density at radius 2 is 1.68 bits per heavy atom. The van der Waals surface area contributed by atoms with Crippen LogP contribution in [-0.4, -0.2) is 22.2 Å². The normalized spacial score (nSPS) is 11.1. The van der Waals surface area contributed by atoms with Gasteiger partial charge in [-0.25, -0.2) is 9.97 Å². The summed E-state index contributed by atoms with van der Waals surface area (Å²) in [4.78, 5) is 19.4. The molecule has 1 aromatic carbocycles. The maximum absolute atomic E-state index is 12.2. The number of rotatable bonds is 2. The zero-order valence-corrected chi connectivity index (χ0v) is 9.48. The number of carbonyl (C=O) groups excluding carboxylic acids is 1. The average molecular weight is 267 g/mol. The van der Waals surface area contributed by atoms with Crippen LogP contribution in [0.25, 0.3) is 11.4 Å². The summed E-state index contributed by atoms with van der Waals surface area (Å²) in [6.07, 6.45) is -1.89. The van der Waals surface area contributed by atoms with E-state index in [1.807, 2.05) is 0 Å². The Balaban J connectivity index is 2.40. The molecular weight excluding hydrogens is 259 g/mol. The maximum Gasteiger partial charge on any atom is 0.484 e. The molecule has 2 aromatic rings. The molecule has 98 valence electrons. The molecule has 0 fully saturated rings. The number of hydrogen-bond donors (Lipinski definition) is 1. The van der Waals surface area contributed by atoms with Crippen molar-refractivity contribution in [3.63, 3.8) is 0 Å². The lowest BCUT2D eigenvalue weighted by Gasteiger charge is -2.11. The summed E-state index contributed by atoms with van der Waals surface area (Å²) in [5.74, 6) is -1.05. The van der Waals surface area contributed by atoms with Gasteiger partial charge in [0.05, 0.1) is 5.56 Å². The van der Waals surface area contributed by atoms with Crippen molar-refractivity contribution in [2.45, 2.75) is 6.30 Å². The first kappa shape index (κ1) is 13.0. The van der Waals surface area contributed by atoms with Crippen molar-refractivity contribution in [2.24, 2.45) is 0 Å². The molecule has 0 radical (unpaired) electrons. The van der Waals surface area contributed by atoms with E-state index in [1.54, 1.807) is 12.1 Å². The van der Waals surface area contributed by atoms with E-state index in [0.717, 1.165) is 5.32 Å². The Morgan fingerprint density at radius 3 is 2.32 bits per heavy atom. The molecule has 0 aliphatic heterocycles. The first-order chi connectivity index (χ1) is 8.97. The van der Waals surface area contributed by atoms with Crippen LogP contribution in [0.15, 0.2) is 42.7 Å². The summed E-state index contributed by atoms with van der Waals surface area (Å²) in [5, 5.41) is 0.951. The second kappa shape index (κ2) is 5.05. The first-order valence-electron chi connectivity index (χ1n) is 5.23. The largest absolute Gasteiger partial charge is 0.484 e. The van der Waals surface area contributed by atoms with Crippen LogP contribution in [0.5, 0.6) is 0 Å². The van der Waals surface area contributed by atoms with Gasteiger partial charge in [-0.1, -0.05) is 18.2 Å². The predicted molar refractivity (Wildman–Crippen MR) is 61.0 cm³/mol. The van der Waals surface area contributed by atoms with Gasteiger partial charge in [0.15, 0.2) is 5.82 Å². The highest BCUT2D eigenvalue weighted by Crippen LogP contribution is 2.21. The van der Waals surface area contributed by atoms with Crippen molar-refractivity contribution >= 4 is 5.91 Å². The molecule has 0 unspecified atom stereocenters. The Bertz CT molecular complexity index is 584. The van der Waals surface area contributed by atoms with Crippen molar-refractivity contribution < 1.29 is 18.0 Å². The number of halogens is 3. The Labute approximate surface area is 106 Å². The SMILES string of the molecule is O=C(NC(F)(F)F)c1ccccc1-c1ncccn1. The standard InChI is InChI=1S/C12H8F3N3O/c13-12(14,15)18-11(19)9-5-2-1-4-8(9)10-16-6-3-7-17-10/h1-7H,(H,18,19). The number of carbonyl (C=O) groups is 1. The third kappa shape index (κ3) is 3.27. The van der Waals surface area contributed by atoms with Gasteiger partial charge in [-0.2, -0.15) is 13.2 Å². The van der Waals surface area contributed by atoms with Gasteiger partial charge in [0.25, 0.3) is 5.91 Å². The molecule has 1 heterocycles. The first-order valence-corrected chi connectivity index (χ1v) is 5.23. The number of nitrogens with zero attached hydrogens (tertiary/aromatic N) is 2. The molecule has 0 bridgehead atoms. The van der Waals surface area contributed by atoms with Crippen LogP contribution >= 0.6 is 0 Å². The fraction of sp³-hybridized carbons (Fsp3) is 0.0833. The minimum atomic E-state index is -4.78. The van der Waals surface area contributed by atoms with Crippen molar-refractivity contribution in [3.8, 4) is 11.4 Å². The van der Waals surface area contributed by atoms with Crippen LogP contribution in [0, 0.1) is 0 Å². The van der Waals surface area contributed by atoms with Gasteiger partial charge < -0.3 is 0 Å². The number of hydrogen-bond acceptors (Lipinski definition) is 3. The third-order valence-corrected chi connectivity index (χ3v) is 2.23. The van der Waals surface area contributed by atoms with E-state index in [0.29, 0.717) is 0 Å². The minimum Gasteiger partial charge on any atom is -0.269 e. The summed E-state index contributed by atoms with van der Waals surface area (Å²) in [5.41, 5.74) is 0.107. The van der Waals surface area contributed by atoms with Crippen molar-refractivity contribution in [1.29, 1.82) is 0 Å². The number of benzene rings is 1. The zero-order valence-electron chi connectivity index (χ0n) is 9.48. The van der Waals surface area contributed by atoms with Gasteiger partial charge in [0, 0.05) is 18.0 Å². The Kier molecular flexibility index (Phi) is 3.46. The van der Waals surface area contributed by atoms with E-state index in [4.69, 9.17) is 0 Å². The van der Waals surface area contributed by atoms with Gasteiger partial charge in [-0.15, -0.1) is 0 Å². The zero-order chi connectivity index (χ0) is 13.9. The lowest BCUT2D eigenvalue weighted by Crippen LogP contribution is -2.37. The quantitative estimate of drug-likeness (QED) is 0.850. The molecule has 1 N–H and O–H groups in total. The second-order valence-corrected chi connectivity index (χ2v) is 3.57. The molecule has 0 saturated heterocycles. The lowest BCUT2D eigenvalue weighted by atomic mass is 10.1. The molecule has 1 aromatic heterocycles. The summed E-state index contributed by atoms with van der Waals surface area (Å²) in [6.45, 7) is 0. The van der Waals surface area contributed by atoms with Crippen LogP contribution in [0.3, 0.4) is 0 Å². The fourth-order valence-electron chi connectivity index (χ4n) is 1.51. The highest BCUT2D eigenvalue weighted by Gasteiger charge is 2.31. The van der Waals surface area contributed by atoms with E-state index in [1.165, 1.54) is 30.6 Å². The summed E-state index contributed by atoms with van der Waals surface area (Å²) < 4.78 is 36.5. The summed E-state index contributed by atoms with van der Waals surface area (Å²) in [7, 11) is 0. The van der Waals surface area contributed by atoms with E-state index in [2.05, 4.69) is 9.97 Å². The molecule has 2 rings (SSSR count). The van der Waals surface area contributed by atoms with Gasteiger partial charge in [0.1, 0.15) is 0 Å². The number of aromatic nitrogens is 2. The van der Waals surface area contributed by atoms with E-state index in [-0.39, 0.29) is 17.0 Å². The van der Waals surface area contributed by atoms with Crippen molar-refractivity contribution in [1.82, 2.24) is 15.3 Å². The highest BCUT2D eigenvalue weighted by molar-refractivity contribution is 6.00. The van der Waals surface area contributed by atoms with Crippen molar-refractivity contribution in [2.75, 3.05) is 0 Å². The molecule has 0 aliphatic carbocycles. The molecule has 4 nitrogen and oxygen atoms in total. The molecule has 0 spiro atoms. The second-order valence-electron chi connectivity index (χ2n) is 3.57. The monoisotopic (exact) mass is 267 g/mol. The lowest BCUT2D eigenvalue weighted by molar-refractivity contribution is -0.146. The van der Waals surface area contributed by atoms with Gasteiger partial charge in [-0.3, -0.25) is 10.1 Å². The predicted octanol–water partition coefficient (Wildman–Crippen LogP) is 2.39. The van der Waals surface area contributed by atoms with Crippen LogP contribution in [0.4, 0.5) is 13.2 Å². The van der Waals surface area contributed by atoms with Crippen molar-refractivity contribution in [3.05, 3.63) is 48.3 Å². The fourth-order valence-corrected chi connectivity index (χ4v) is 1.51. The van der Waals surface area contributed by atoms with Gasteiger partial charge >= 0.3 is 6.30 Å². The van der Waals surface area contributed by atoms with Crippen LogP contribution in [0.2, 0.25) is 0 Å². The molecule has 1 amide bonds. The van der Waals surface area contributed by atoms with Gasteiger partial charge in [0.2, 0.25) is 0 Å². The molecule has 0 aliphatic rings. The smallest absolute Gasteiger partial charge is 0.269 e. The Hall–Kier alpha value is -2.44. The minimum absolute atomic E-state index is 0.133. The molecule has 7 heteroatoms. The number of nitrogens with one attached hydrogen (secondary N) is 1. The van der Waals surface area contributed by atoms with Crippen LogP contribution in [0.1, 0.15) is 10.4 Å². The Morgan fingerprint density at radius 1 is 1.05 bits per heavy atom. The molecule has 0 atom stereocenters.